The molecule has 0 aromatic heterocycles. The van der Waals surface area contributed by atoms with Crippen LogP contribution < -0.4 is 5.32 Å². The van der Waals surface area contributed by atoms with E-state index in [1.165, 1.54) is 44.9 Å². The van der Waals surface area contributed by atoms with Gasteiger partial charge in [0.05, 0.1) is 0 Å². The molecule has 0 aromatic carbocycles. The average molecular weight is 239 g/mol. The first kappa shape index (κ1) is 15.0. The third-order valence-corrected chi connectivity index (χ3v) is 4.79. The van der Waals surface area contributed by atoms with Crippen molar-refractivity contribution < 1.29 is 0 Å². The molecule has 1 N–H and O–H groups in total. The minimum Gasteiger partial charge on any atom is -0.314 e. The Kier molecular flexibility index (Phi) is 7.18. The minimum atomic E-state index is 0.782. The van der Waals surface area contributed by atoms with Gasteiger partial charge in [-0.1, -0.05) is 53.4 Å². The molecule has 0 radical (unpaired) electrons. The van der Waals surface area contributed by atoms with Crippen LogP contribution in [0.15, 0.2) is 0 Å². The molecule has 1 saturated carbocycles. The first-order valence-corrected chi connectivity index (χ1v) is 7.94. The van der Waals surface area contributed by atoms with Crippen molar-refractivity contribution in [3.63, 3.8) is 0 Å². The van der Waals surface area contributed by atoms with Crippen molar-refractivity contribution in [2.75, 3.05) is 6.54 Å². The summed E-state index contributed by atoms with van der Waals surface area (Å²) < 4.78 is 0. The standard InChI is InChI=1S/C16H33N/c1-5-13(4)11-16(17-7-3)15-10-8-9-14(6-2)12-15/h13-17H,5-12H2,1-4H3. The number of nitrogens with one attached hydrogen (secondary N) is 1. The average Bonchev–Trinajstić information content (AvgIpc) is 2.38. The maximum Gasteiger partial charge on any atom is 0.00978 e. The predicted octanol–water partition coefficient (Wildman–Crippen LogP) is 4.62. The van der Waals surface area contributed by atoms with Crippen LogP contribution in [0.4, 0.5) is 0 Å². The van der Waals surface area contributed by atoms with Crippen LogP contribution >= 0.6 is 0 Å². The van der Waals surface area contributed by atoms with Gasteiger partial charge in [0, 0.05) is 6.04 Å². The maximum absolute atomic E-state index is 3.76. The monoisotopic (exact) mass is 239 g/mol. The lowest BCUT2D eigenvalue weighted by atomic mass is 9.75. The molecule has 1 rings (SSSR count). The van der Waals surface area contributed by atoms with Gasteiger partial charge in [-0.05, 0) is 43.6 Å². The van der Waals surface area contributed by atoms with E-state index in [2.05, 4.69) is 33.0 Å². The lowest BCUT2D eigenvalue weighted by molar-refractivity contribution is 0.190. The van der Waals surface area contributed by atoms with Crippen LogP contribution in [0.5, 0.6) is 0 Å². The summed E-state index contributed by atoms with van der Waals surface area (Å²) in [4.78, 5) is 0. The zero-order valence-corrected chi connectivity index (χ0v) is 12.5. The summed E-state index contributed by atoms with van der Waals surface area (Å²) in [6.45, 7) is 10.5. The normalized spacial score (nSPS) is 28.9. The predicted molar refractivity (Wildman–Crippen MR) is 77.3 cm³/mol. The quantitative estimate of drug-likeness (QED) is 0.683. The first-order valence-electron chi connectivity index (χ1n) is 7.94. The summed E-state index contributed by atoms with van der Waals surface area (Å²) in [7, 11) is 0. The summed E-state index contributed by atoms with van der Waals surface area (Å²) in [6.07, 6.45) is 9.98. The van der Waals surface area contributed by atoms with Gasteiger partial charge < -0.3 is 5.32 Å². The van der Waals surface area contributed by atoms with Gasteiger partial charge in [-0.2, -0.15) is 0 Å². The van der Waals surface area contributed by atoms with Crippen LogP contribution in [-0.4, -0.2) is 12.6 Å². The lowest BCUT2D eigenvalue weighted by Gasteiger charge is -2.36. The fourth-order valence-electron chi connectivity index (χ4n) is 3.37. The third kappa shape index (κ3) is 4.99. The SMILES string of the molecule is CCNC(CC(C)CC)C1CCCC(CC)C1. The van der Waals surface area contributed by atoms with Crippen molar-refractivity contribution in [2.45, 2.75) is 78.7 Å². The summed E-state index contributed by atoms with van der Waals surface area (Å²) >= 11 is 0. The van der Waals surface area contributed by atoms with Gasteiger partial charge in [-0.25, -0.2) is 0 Å². The highest BCUT2D eigenvalue weighted by Gasteiger charge is 2.27. The van der Waals surface area contributed by atoms with Gasteiger partial charge in [0.2, 0.25) is 0 Å². The van der Waals surface area contributed by atoms with Crippen molar-refractivity contribution in [1.29, 1.82) is 0 Å². The fourth-order valence-corrected chi connectivity index (χ4v) is 3.37. The minimum absolute atomic E-state index is 0.782. The van der Waals surface area contributed by atoms with Crippen LogP contribution in [0.1, 0.15) is 72.6 Å². The number of rotatable bonds is 7. The van der Waals surface area contributed by atoms with Crippen molar-refractivity contribution >= 4 is 0 Å². The molecule has 1 heteroatoms. The Morgan fingerprint density at radius 2 is 1.94 bits per heavy atom. The molecule has 1 aliphatic rings. The summed E-state index contributed by atoms with van der Waals surface area (Å²) in [6, 6.07) is 0.782. The molecule has 1 fully saturated rings. The van der Waals surface area contributed by atoms with Gasteiger partial charge in [-0.15, -0.1) is 0 Å². The molecule has 0 amide bonds. The van der Waals surface area contributed by atoms with Gasteiger partial charge in [-0.3, -0.25) is 0 Å². The van der Waals surface area contributed by atoms with E-state index in [1.807, 2.05) is 0 Å². The summed E-state index contributed by atoms with van der Waals surface area (Å²) in [5, 5.41) is 3.76. The Labute approximate surface area is 109 Å². The highest BCUT2D eigenvalue weighted by atomic mass is 14.9. The van der Waals surface area contributed by atoms with Crippen LogP contribution in [0.3, 0.4) is 0 Å². The van der Waals surface area contributed by atoms with Gasteiger partial charge in [0.1, 0.15) is 0 Å². The van der Waals surface area contributed by atoms with E-state index in [1.54, 1.807) is 0 Å². The van der Waals surface area contributed by atoms with Gasteiger partial charge in [0.25, 0.3) is 0 Å². The van der Waals surface area contributed by atoms with Gasteiger partial charge >= 0.3 is 0 Å². The summed E-state index contributed by atoms with van der Waals surface area (Å²) in [5.74, 6) is 2.83. The van der Waals surface area contributed by atoms with Crippen molar-refractivity contribution in [3.05, 3.63) is 0 Å². The van der Waals surface area contributed by atoms with E-state index in [0.717, 1.165) is 30.3 Å². The Morgan fingerprint density at radius 3 is 2.53 bits per heavy atom. The second-order valence-electron chi connectivity index (χ2n) is 6.11. The van der Waals surface area contributed by atoms with E-state index < -0.39 is 0 Å². The zero-order valence-electron chi connectivity index (χ0n) is 12.5. The van der Waals surface area contributed by atoms with Crippen LogP contribution in [0.25, 0.3) is 0 Å². The maximum atomic E-state index is 3.76. The third-order valence-electron chi connectivity index (χ3n) is 4.79. The highest BCUT2D eigenvalue weighted by Crippen LogP contribution is 2.34. The molecule has 0 spiro atoms. The molecular formula is C16H33N. The first-order chi connectivity index (χ1) is 8.21. The zero-order chi connectivity index (χ0) is 12.7. The Hall–Kier alpha value is -0.0400. The highest BCUT2D eigenvalue weighted by molar-refractivity contribution is 4.83. The Balaban J connectivity index is 2.49. The lowest BCUT2D eigenvalue weighted by Crippen LogP contribution is -2.39. The second-order valence-corrected chi connectivity index (χ2v) is 6.11. The van der Waals surface area contributed by atoms with Crippen LogP contribution in [-0.2, 0) is 0 Å². The van der Waals surface area contributed by atoms with Crippen LogP contribution in [0.2, 0.25) is 0 Å². The molecule has 4 unspecified atom stereocenters. The van der Waals surface area contributed by atoms with Crippen molar-refractivity contribution in [3.8, 4) is 0 Å². The molecule has 0 bridgehead atoms. The molecule has 1 nitrogen and oxygen atoms in total. The smallest absolute Gasteiger partial charge is 0.00978 e. The molecule has 17 heavy (non-hydrogen) atoms. The number of hydrogen-bond donors (Lipinski definition) is 1. The van der Waals surface area contributed by atoms with E-state index in [-0.39, 0.29) is 0 Å². The van der Waals surface area contributed by atoms with E-state index in [9.17, 15) is 0 Å². The molecule has 0 saturated heterocycles. The van der Waals surface area contributed by atoms with E-state index in [4.69, 9.17) is 0 Å². The Morgan fingerprint density at radius 1 is 1.18 bits per heavy atom. The molecular weight excluding hydrogens is 206 g/mol. The van der Waals surface area contributed by atoms with E-state index >= 15 is 0 Å². The topological polar surface area (TPSA) is 12.0 Å². The van der Waals surface area contributed by atoms with Crippen molar-refractivity contribution in [1.82, 2.24) is 5.32 Å². The fraction of sp³-hybridized carbons (Fsp3) is 1.00. The van der Waals surface area contributed by atoms with Crippen LogP contribution in [0, 0.1) is 17.8 Å². The molecule has 0 aromatic rings. The molecule has 0 heterocycles. The van der Waals surface area contributed by atoms with E-state index in [0.29, 0.717) is 0 Å². The van der Waals surface area contributed by atoms with Crippen molar-refractivity contribution in [2.24, 2.45) is 17.8 Å². The Bertz CT molecular complexity index is 190. The number of hydrogen-bond acceptors (Lipinski definition) is 1. The molecule has 0 aliphatic heterocycles. The molecule has 1 aliphatic carbocycles. The largest absolute Gasteiger partial charge is 0.314 e. The summed E-state index contributed by atoms with van der Waals surface area (Å²) in [5.41, 5.74) is 0. The van der Waals surface area contributed by atoms with Gasteiger partial charge in [0.15, 0.2) is 0 Å². The molecule has 102 valence electrons. The second kappa shape index (κ2) is 8.13. The molecule has 4 atom stereocenters.